The summed E-state index contributed by atoms with van der Waals surface area (Å²) in [6.45, 7) is 0. The van der Waals surface area contributed by atoms with E-state index < -0.39 is 0 Å². The van der Waals surface area contributed by atoms with E-state index in [0.29, 0.717) is 0 Å². The number of rotatable bonds is 0. The molecule has 0 heterocycles. The summed E-state index contributed by atoms with van der Waals surface area (Å²) in [4.78, 5) is 0. The van der Waals surface area contributed by atoms with Gasteiger partial charge in [0.15, 0.2) is 0 Å². The molecule has 34 valence electrons. The maximum Gasteiger partial charge on any atom is 0 e. The average molecular weight is 190 g/mol. The molecule has 0 aliphatic carbocycles. The van der Waals surface area contributed by atoms with E-state index in [0.717, 1.165) is 0 Å². The molecule has 0 rings (SSSR count). The van der Waals surface area contributed by atoms with E-state index in [2.05, 4.69) is 0 Å². The summed E-state index contributed by atoms with van der Waals surface area (Å²) in [7, 11) is 0. The quantitative estimate of drug-likeness (QED) is 0.405. The predicted molar refractivity (Wildman–Crippen MR) is 21.2 cm³/mol. The van der Waals surface area contributed by atoms with Crippen LogP contribution in [0.2, 0.25) is 0 Å². The van der Waals surface area contributed by atoms with Gasteiger partial charge in [0.25, 0.3) is 0 Å². The number of hydrogen-bond acceptors (Lipinski definition) is 0. The van der Waals surface area contributed by atoms with Crippen LogP contribution in [0, 0.1) is 0 Å². The summed E-state index contributed by atoms with van der Waals surface area (Å²) in [5.74, 6) is 0. The van der Waals surface area contributed by atoms with E-state index in [1.165, 1.54) is 0 Å². The minimum Gasteiger partial charge on any atom is -0.0776 e. The van der Waals surface area contributed by atoms with Crippen LogP contribution in [-0.2, 0) is 34.1 Å². The molecule has 0 bridgehead atoms. The van der Waals surface area contributed by atoms with Crippen LogP contribution >= 0.6 is 23.4 Å². The molecule has 0 N–H and O–H groups in total. The Balaban J connectivity index is 0. The molecule has 0 aliphatic rings. The van der Waals surface area contributed by atoms with E-state index in [9.17, 15) is 0 Å². The molecular formula is CH4FeMnPS. The summed E-state index contributed by atoms with van der Waals surface area (Å²) in [6, 6.07) is 0. The van der Waals surface area contributed by atoms with E-state index in [4.69, 9.17) is 0 Å². The molecule has 4 heteroatoms. The molecule has 0 amide bonds. The first-order valence-corrected chi connectivity index (χ1v) is 0. The van der Waals surface area contributed by atoms with E-state index in [-0.39, 0.29) is 65.0 Å². The van der Waals surface area contributed by atoms with Crippen LogP contribution in [0.25, 0.3) is 0 Å². The standard InChI is InChI=1S/CH4.Fe.Mn.P.S/h1H4;;;;. The third-order valence-corrected chi connectivity index (χ3v) is 0. The van der Waals surface area contributed by atoms with E-state index in [1.807, 2.05) is 0 Å². The van der Waals surface area contributed by atoms with Gasteiger partial charge < -0.3 is 0 Å². The molecule has 0 saturated carbocycles. The molecular weight excluding hydrogens is 186 g/mol. The summed E-state index contributed by atoms with van der Waals surface area (Å²) < 4.78 is 0. The van der Waals surface area contributed by atoms with Crippen molar-refractivity contribution in [3.8, 4) is 0 Å². The Kier molecular flexibility index (Phi) is 570. The molecule has 0 spiro atoms. The van der Waals surface area contributed by atoms with Crippen LogP contribution in [0.1, 0.15) is 7.43 Å². The first kappa shape index (κ1) is 69.8. The number of hydrogen-bond donors (Lipinski definition) is 0. The summed E-state index contributed by atoms with van der Waals surface area (Å²) >= 11 is 0. The van der Waals surface area contributed by atoms with Gasteiger partial charge in [0.2, 0.25) is 0 Å². The molecule has 0 aromatic heterocycles. The minimum atomic E-state index is 0. The fourth-order valence-electron chi connectivity index (χ4n) is 0. The van der Waals surface area contributed by atoms with Crippen LogP contribution in [0.15, 0.2) is 0 Å². The van der Waals surface area contributed by atoms with Crippen molar-refractivity contribution in [1.82, 2.24) is 0 Å². The maximum absolute atomic E-state index is 0. The van der Waals surface area contributed by atoms with E-state index in [1.54, 1.807) is 0 Å². The zero-order valence-electron chi connectivity index (χ0n) is 1.59. The van der Waals surface area contributed by atoms with Crippen molar-refractivity contribution in [2.24, 2.45) is 0 Å². The molecule has 6 radical (unpaired) electrons. The van der Waals surface area contributed by atoms with Gasteiger partial charge in [-0.05, 0) is 0 Å². The first-order valence-electron chi connectivity index (χ1n) is 0. The fourth-order valence-corrected chi connectivity index (χ4v) is 0. The van der Waals surface area contributed by atoms with Gasteiger partial charge in [0, 0.05) is 57.5 Å². The van der Waals surface area contributed by atoms with Crippen molar-refractivity contribution in [2.45, 2.75) is 7.43 Å². The van der Waals surface area contributed by atoms with Crippen LogP contribution in [-0.4, -0.2) is 0 Å². The predicted octanol–water partition coefficient (Wildman–Crippen LogP) is 2.14. The van der Waals surface area contributed by atoms with Gasteiger partial charge in [-0.3, -0.25) is 0 Å². The van der Waals surface area contributed by atoms with Gasteiger partial charge in [0.05, 0.1) is 0 Å². The second-order valence-electron chi connectivity index (χ2n) is 0. The molecule has 0 aromatic rings. The Morgan fingerprint density at radius 3 is 1.00 bits per heavy atom. The smallest absolute Gasteiger partial charge is 0 e. The second-order valence-corrected chi connectivity index (χ2v) is 0. The van der Waals surface area contributed by atoms with Crippen LogP contribution in [0.5, 0.6) is 0 Å². The first-order chi connectivity index (χ1) is 0. The Bertz CT molecular complexity index is 11.6. The van der Waals surface area contributed by atoms with Gasteiger partial charge >= 0.3 is 0 Å². The largest absolute Gasteiger partial charge is 0.0776 e. The fraction of sp³-hybridized carbons (Fsp3) is 1.00. The summed E-state index contributed by atoms with van der Waals surface area (Å²) in [5.41, 5.74) is 0. The minimum absolute atomic E-state index is 0. The van der Waals surface area contributed by atoms with Gasteiger partial charge in [0.1, 0.15) is 0 Å². The molecule has 0 aliphatic heterocycles. The van der Waals surface area contributed by atoms with Crippen molar-refractivity contribution in [3.63, 3.8) is 0 Å². The second kappa shape index (κ2) is 40.8. The van der Waals surface area contributed by atoms with Crippen molar-refractivity contribution >= 4 is 23.4 Å². The van der Waals surface area contributed by atoms with E-state index >= 15 is 0 Å². The molecule has 0 atom stereocenters. The van der Waals surface area contributed by atoms with Gasteiger partial charge in [-0.15, -0.1) is 0 Å². The topological polar surface area (TPSA) is 0 Å². The molecule has 5 heavy (non-hydrogen) atoms. The van der Waals surface area contributed by atoms with Crippen molar-refractivity contribution in [2.75, 3.05) is 0 Å². The normalized spacial score (nSPS) is 0. The molecule has 0 saturated heterocycles. The monoisotopic (exact) mass is 190 g/mol. The zero-order valence-corrected chi connectivity index (χ0v) is 5.58. The van der Waals surface area contributed by atoms with Crippen molar-refractivity contribution < 1.29 is 34.1 Å². The zero-order chi connectivity index (χ0) is 0. The van der Waals surface area contributed by atoms with Gasteiger partial charge in [-0.1, -0.05) is 7.43 Å². The molecule has 0 nitrogen and oxygen atoms in total. The third kappa shape index (κ3) is 25.7. The Morgan fingerprint density at radius 2 is 1.00 bits per heavy atom. The van der Waals surface area contributed by atoms with Crippen molar-refractivity contribution in [3.05, 3.63) is 0 Å². The molecule has 0 unspecified atom stereocenters. The van der Waals surface area contributed by atoms with Crippen LogP contribution in [0.3, 0.4) is 0 Å². The van der Waals surface area contributed by atoms with Crippen LogP contribution in [0.4, 0.5) is 0 Å². The van der Waals surface area contributed by atoms with Gasteiger partial charge in [-0.25, -0.2) is 0 Å². The SMILES string of the molecule is C.[Fe].[Mn].[P].[S]. The van der Waals surface area contributed by atoms with Crippen molar-refractivity contribution in [1.29, 1.82) is 0 Å². The Morgan fingerprint density at radius 1 is 1.00 bits per heavy atom. The average Bonchev–Trinajstić information content (AvgIpc) is 0. The summed E-state index contributed by atoms with van der Waals surface area (Å²) in [6.07, 6.45) is 0. The Labute approximate surface area is 64.9 Å². The third-order valence-electron chi connectivity index (χ3n) is 0. The summed E-state index contributed by atoms with van der Waals surface area (Å²) in [5, 5.41) is 0. The Hall–Kier alpha value is 1.82. The molecule has 0 fully saturated rings. The van der Waals surface area contributed by atoms with Crippen LogP contribution < -0.4 is 0 Å². The maximum atomic E-state index is 0. The van der Waals surface area contributed by atoms with Gasteiger partial charge in [-0.2, -0.15) is 0 Å². The molecule has 0 aromatic carbocycles.